The van der Waals surface area contributed by atoms with Gasteiger partial charge in [0.1, 0.15) is 11.6 Å². The number of amides is 2. The normalized spacial score (nSPS) is 13.3. The summed E-state index contributed by atoms with van der Waals surface area (Å²) in [6, 6.07) is 10.9. The number of nitriles is 1. The van der Waals surface area contributed by atoms with E-state index in [-0.39, 0.29) is 11.5 Å². The van der Waals surface area contributed by atoms with Crippen LogP contribution < -0.4 is 10.6 Å². The number of nitrogens with zero attached hydrogens (tertiary/aromatic N) is 2. The highest BCUT2D eigenvalue weighted by Crippen LogP contribution is 2.38. The van der Waals surface area contributed by atoms with Gasteiger partial charge in [0.25, 0.3) is 5.91 Å². The highest BCUT2D eigenvalue weighted by atomic mass is 16.5. The molecule has 1 aromatic heterocycles. The fraction of sp³-hybridized carbons (Fsp3) is 0.304. The topological polar surface area (TPSA) is 113 Å². The van der Waals surface area contributed by atoms with E-state index in [1.165, 1.54) is 13.0 Å². The van der Waals surface area contributed by atoms with Crippen LogP contribution in [0.3, 0.4) is 0 Å². The van der Waals surface area contributed by atoms with Gasteiger partial charge in [-0.15, -0.1) is 0 Å². The van der Waals surface area contributed by atoms with E-state index < -0.39 is 18.5 Å². The molecule has 2 N–H and O–H groups in total. The zero-order valence-corrected chi connectivity index (χ0v) is 17.7. The third-order valence-electron chi connectivity index (χ3n) is 4.88. The molecule has 31 heavy (non-hydrogen) atoms. The van der Waals surface area contributed by atoms with E-state index in [0.717, 1.165) is 29.8 Å². The molecule has 1 fully saturated rings. The van der Waals surface area contributed by atoms with E-state index >= 15 is 0 Å². The van der Waals surface area contributed by atoms with Gasteiger partial charge in [0.2, 0.25) is 5.91 Å². The molecule has 8 nitrogen and oxygen atoms in total. The number of aromatic nitrogens is 1. The lowest BCUT2D eigenvalue weighted by Crippen LogP contribution is -2.21. The number of hydrogen-bond donors (Lipinski definition) is 2. The minimum absolute atomic E-state index is 0.170. The van der Waals surface area contributed by atoms with Crippen molar-refractivity contribution in [3.8, 4) is 6.07 Å². The SMILES string of the molecule is CC(=O)Nc1cccc(NC(=O)COC(=O)/C(C#N)=C/c2cc(C)n(C3CC3)c2C)c1. The van der Waals surface area contributed by atoms with Crippen molar-refractivity contribution in [2.75, 3.05) is 17.2 Å². The van der Waals surface area contributed by atoms with Crippen molar-refractivity contribution in [1.29, 1.82) is 5.26 Å². The molecule has 1 aliphatic rings. The second kappa shape index (κ2) is 9.30. The van der Waals surface area contributed by atoms with Gasteiger partial charge in [0.05, 0.1) is 0 Å². The summed E-state index contributed by atoms with van der Waals surface area (Å²) < 4.78 is 7.23. The third-order valence-corrected chi connectivity index (χ3v) is 4.88. The maximum Gasteiger partial charge on any atom is 0.349 e. The molecule has 1 heterocycles. The number of carbonyl (C=O) groups is 3. The zero-order valence-electron chi connectivity index (χ0n) is 17.7. The zero-order chi connectivity index (χ0) is 22.5. The smallest absolute Gasteiger partial charge is 0.349 e. The van der Waals surface area contributed by atoms with E-state index in [4.69, 9.17) is 4.74 Å². The average Bonchev–Trinajstić information content (AvgIpc) is 3.49. The van der Waals surface area contributed by atoms with Crippen LogP contribution in [0.5, 0.6) is 0 Å². The second-order valence-corrected chi connectivity index (χ2v) is 7.48. The quantitative estimate of drug-likeness (QED) is 0.404. The van der Waals surface area contributed by atoms with Gasteiger partial charge >= 0.3 is 5.97 Å². The predicted octanol–water partition coefficient (Wildman–Crippen LogP) is 3.49. The molecule has 1 aromatic carbocycles. The van der Waals surface area contributed by atoms with Gasteiger partial charge in [-0.25, -0.2) is 4.79 Å². The number of nitrogens with one attached hydrogen (secondary N) is 2. The molecule has 0 saturated heterocycles. The Morgan fingerprint density at radius 1 is 1.19 bits per heavy atom. The number of rotatable bonds is 7. The lowest BCUT2D eigenvalue weighted by atomic mass is 10.1. The Morgan fingerprint density at radius 3 is 2.48 bits per heavy atom. The molecular weight excluding hydrogens is 396 g/mol. The van der Waals surface area contributed by atoms with Crippen molar-refractivity contribution in [2.45, 2.75) is 39.7 Å². The summed E-state index contributed by atoms with van der Waals surface area (Å²) in [6.07, 6.45) is 3.77. The third kappa shape index (κ3) is 5.60. The Labute approximate surface area is 180 Å². The minimum Gasteiger partial charge on any atom is -0.451 e. The summed E-state index contributed by atoms with van der Waals surface area (Å²) in [6.45, 7) is 4.80. The van der Waals surface area contributed by atoms with E-state index in [1.807, 2.05) is 26.0 Å². The molecule has 1 aliphatic carbocycles. The highest BCUT2D eigenvalue weighted by Gasteiger charge is 2.27. The Morgan fingerprint density at radius 2 is 1.87 bits per heavy atom. The molecule has 2 amide bonds. The van der Waals surface area contributed by atoms with Gasteiger partial charge in [-0.3, -0.25) is 9.59 Å². The van der Waals surface area contributed by atoms with Crippen LogP contribution >= 0.6 is 0 Å². The number of hydrogen-bond acceptors (Lipinski definition) is 5. The van der Waals surface area contributed by atoms with Gasteiger partial charge in [-0.1, -0.05) is 6.07 Å². The van der Waals surface area contributed by atoms with Gasteiger partial charge < -0.3 is 19.9 Å². The van der Waals surface area contributed by atoms with Crippen LogP contribution in [0.2, 0.25) is 0 Å². The maximum absolute atomic E-state index is 12.3. The summed E-state index contributed by atoms with van der Waals surface area (Å²) in [7, 11) is 0. The molecule has 8 heteroatoms. The summed E-state index contributed by atoms with van der Waals surface area (Å²) in [5.74, 6) is -1.65. The van der Waals surface area contributed by atoms with E-state index in [0.29, 0.717) is 17.4 Å². The first-order valence-corrected chi connectivity index (χ1v) is 9.93. The molecule has 0 bridgehead atoms. The minimum atomic E-state index is -0.860. The summed E-state index contributed by atoms with van der Waals surface area (Å²) in [5, 5.41) is 14.6. The van der Waals surface area contributed by atoms with Crippen molar-refractivity contribution < 1.29 is 19.1 Å². The molecule has 1 saturated carbocycles. The fourth-order valence-electron chi connectivity index (χ4n) is 3.42. The van der Waals surface area contributed by atoms with Gasteiger partial charge in [-0.2, -0.15) is 5.26 Å². The van der Waals surface area contributed by atoms with E-state index in [1.54, 1.807) is 24.3 Å². The molecule has 0 radical (unpaired) electrons. The molecule has 0 atom stereocenters. The van der Waals surface area contributed by atoms with Crippen LogP contribution in [0.25, 0.3) is 6.08 Å². The number of anilines is 2. The number of aryl methyl sites for hydroxylation is 1. The van der Waals surface area contributed by atoms with E-state index in [2.05, 4.69) is 15.2 Å². The second-order valence-electron chi connectivity index (χ2n) is 7.48. The van der Waals surface area contributed by atoms with Crippen LogP contribution in [0.1, 0.15) is 42.8 Å². The average molecular weight is 420 g/mol. The number of esters is 1. The summed E-state index contributed by atoms with van der Waals surface area (Å²) in [4.78, 5) is 35.6. The Balaban J connectivity index is 1.61. The molecule has 0 spiro atoms. The lowest BCUT2D eigenvalue weighted by molar-refractivity contribution is -0.142. The Kier molecular flexibility index (Phi) is 6.55. The Hall–Kier alpha value is -3.86. The standard InChI is InChI=1S/C23H24N4O4/c1-14-9-17(15(2)27(14)21-7-8-21)10-18(12-24)23(30)31-13-22(29)26-20-6-4-5-19(11-20)25-16(3)28/h4-6,9-11,21H,7-8,13H2,1-3H3,(H,25,28)(H,26,29)/b18-10+. The first-order valence-electron chi connectivity index (χ1n) is 9.93. The fourth-order valence-corrected chi connectivity index (χ4v) is 3.42. The highest BCUT2D eigenvalue weighted by molar-refractivity contribution is 6.00. The van der Waals surface area contributed by atoms with Crippen LogP contribution in [0.15, 0.2) is 35.9 Å². The number of carbonyl (C=O) groups excluding carboxylic acids is 3. The van der Waals surface area contributed by atoms with Gasteiger partial charge in [0, 0.05) is 35.7 Å². The molecule has 160 valence electrons. The van der Waals surface area contributed by atoms with Crippen molar-refractivity contribution in [1.82, 2.24) is 4.57 Å². The number of benzene rings is 1. The van der Waals surface area contributed by atoms with Gasteiger partial charge in [-0.05, 0) is 62.6 Å². The van der Waals surface area contributed by atoms with Crippen LogP contribution in [0.4, 0.5) is 11.4 Å². The monoisotopic (exact) mass is 420 g/mol. The lowest BCUT2D eigenvalue weighted by Gasteiger charge is -2.08. The van der Waals surface area contributed by atoms with Crippen molar-refractivity contribution in [2.24, 2.45) is 0 Å². The molecule has 0 aliphatic heterocycles. The molecule has 3 rings (SSSR count). The Bertz CT molecular complexity index is 1100. The van der Waals surface area contributed by atoms with Crippen molar-refractivity contribution >= 4 is 35.2 Å². The van der Waals surface area contributed by atoms with Gasteiger partial charge in [0.15, 0.2) is 6.61 Å². The summed E-state index contributed by atoms with van der Waals surface area (Å²) in [5.41, 5.74) is 3.67. The molecular formula is C23H24N4O4. The maximum atomic E-state index is 12.3. The molecule has 0 unspecified atom stereocenters. The van der Waals surface area contributed by atoms with Crippen molar-refractivity contribution in [3.63, 3.8) is 0 Å². The van der Waals surface area contributed by atoms with Crippen molar-refractivity contribution in [3.05, 3.63) is 52.9 Å². The first kappa shape index (κ1) is 21.8. The van der Waals surface area contributed by atoms with Crippen LogP contribution in [-0.2, 0) is 19.1 Å². The largest absolute Gasteiger partial charge is 0.451 e. The number of ether oxygens (including phenoxy) is 1. The van der Waals surface area contributed by atoms with Crippen LogP contribution in [-0.4, -0.2) is 29.0 Å². The van der Waals surface area contributed by atoms with Crippen LogP contribution in [0, 0.1) is 25.2 Å². The molecule has 2 aromatic rings. The summed E-state index contributed by atoms with van der Waals surface area (Å²) >= 11 is 0. The predicted molar refractivity (Wildman–Crippen MR) is 116 cm³/mol. The first-order chi connectivity index (χ1) is 14.8. The van der Waals surface area contributed by atoms with E-state index in [9.17, 15) is 19.6 Å².